The Morgan fingerprint density at radius 2 is 1.96 bits per heavy atom. The Kier molecular flexibility index (Phi) is 13.9. The molecule has 3 heterocycles. The van der Waals surface area contributed by atoms with Crippen LogP contribution < -0.4 is 14.8 Å². The average molecular weight is 722 g/mol. The Labute approximate surface area is 301 Å². The van der Waals surface area contributed by atoms with E-state index in [0.717, 1.165) is 37.7 Å². The van der Waals surface area contributed by atoms with Gasteiger partial charge in [0, 0.05) is 36.5 Å². The summed E-state index contributed by atoms with van der Waals surface area (Å²) in [7, 11) is 2.06. The van der Waals surface area contributed by atoms with Crippen molar-refractivity contribution in [2.75, 3.05) is 38.8 Å². The van der Waals surface area contributed by atoms with Crippen LogP contribution in [0.15, 0.2) is 55.8 Å². The number of hydrogen-bond acceptors (Lipinski definition) is 13. The molecule has 0 radical (unpaired) electrons. The summed E-state index contributed by atoms with van der Waals surface area (Å²) in [6, 6.07) is 7.96. The van der Waals surface area contributed by atoms with Gasteiger partial charge in [0.2, 0.25) is 5.95 Å². The summed E-state index contributed by atoms with van der Waals surface area (Å²) in [6.45, 7) is 5.91. The molecule has 0 saturated heterocycles. The highest BCUT2D eigenvalue weighted by molar-refractivity contribution is 5.67. The summed E-state index contributed by atoms with van der Waals surface area (Å²) in [6.07, 6.45) is 10.5. The zero-order valence-corrected chi connectivity index (χ0v) is 29.4. The third kappa shape index (κ3) is 10.5. The van der Waals surface area contributed by atoms with E-state index in [-0.39, 0.29) is 38.0 Å². The fourth-order valence-electron chi connectivity index (χ4n) is 6.18. The smallest absolute Gasteiger partial charge is 0.261 e. The van der Waals surface area contributed by atoms with Gasteiger partial charge >= 0.3 is 0 Å². The molecule has 1 fully saturated rings. The molecule has 1 aliphatic rings. The van der Waals surface area contributed by atoms with Gasteiger partial charge in [-0.3, -0.25) is 9.58 Å². The van der Waals surface area contributed by atoms with Crippen LogP contribution in [-0.4, -0.2) is 108 Å². The van der Waals surface area contributed by atoms with E-state index >= 15 is 0 Å². The van der Waals surface area contributed by atoms with Gasteiger partial charge in [0.1, 0.15) is 36.5 Å². The van der Waals surface area contributed by atoms with E-state index in [2.05, 4.69) is 55.4 Å². The topological polar surface area (TPSA) is 174 Å². The van der Waals surface area contributed by atoms with Gasteiger partial charge in [0.25, 0.3) is 12.3 Å². The third-order valence-electron chi connectivity index (χ3n) is 8.95. The fourth-order valence-corrected chi connectivity index (χ4v) is 6.18. The lowest BCUT2D eigenvalue weighted by Gasteiger charge is -2.38. The lowest BCUT2D eigenvalue weighted by atomic mass is 9.89. The molecule has 0 spiro atoms. The molecule has 52 heavy (non-hydrogen) atoms. The van der Waals surface area contributed by atoms with Crippen LogP contribution in [0.1, 0.15) is 57.1 Å². The second-order valence-electron chi connectivity index (χ2n) is 12.7. The first-order chi connectivity index (χ1) is 25.3. The maximum Gasteiger partial charge on any atom is 0.261 e. The predicted molar refractivity (Wildman–Crippen MR) is 187 cm³/mol. The number of benzene rings is 1. The van der Waals surface area contributed by atoms with Crippen LogP contribution in [0, 0.1) is 11.3 Å². The molecular formula is C35H45F2N11O4. The molecular weight excluding hydrogens is 676 g/mol. The number of aliphatic hydroxyl groups is 1. The van der Waals surface area contributed by atoms with Crippen molar-refractivity contribution in [1.82, 2.24) is 44.9 Å². The Bertz CT molecular complexity index is 1730. The van der Waals surface area contributed by atoms with Gasteiger partial charge in [-0.1, -0.05) is 12.1 Å². The van der Waals surface area contributed by atoms with Gasteiger partial charge in [-0.15, -0.1) is 16.8 Å². The summed E-state index contributed by atoms with van der Waals surface area (Å²) in [5.41, 5.74) is 2.43. The number of ether oxygens (including phenoxy) is 3. The van der Waals surface area contributed by atoms with Crippen LogP contribution in [0.4, 0.5) is 20.4 Å². The van der Waals surface area contributed by atoms with E-state index < -0.39 is 13.0 Å². The van der Waals surface area contributed by atoms with Crippen LogP contribution in [0.2, 0.25) is 0 Å². The van der Waals surface area contributed by atoms with Gasteiger partial charge in [-0.2, -0.15) is 5.26 Å². The van der Waals surface area contributed by atoms with E-state index in [4.69, 9.17) is 19.3 Å². The Morgan fingerprint density at radius 1 is 1.17 bits per heavy atom. The predicted octanol–water partition coefficient (Wildman–Crippen LogP) is 4.81. The van der Waals surface area contributed by atoms with Crippen molar-refractivity contribution in [2.45, 2.75) is 82.6 Å². The first-order valence-corrected chi connectivity index (χ1v) is 17.3. The highest BCUT2D eigenvalue weighted by atomic mass is 19.3. The lowest BCUT2D eigenvalue weighted by Crippen LogP contribution is -2.44. The molecule has 0 bridgehead atoms. The molecule has 1 aliphatic carbocycles. The molecule has 3 aromatic heterocycles. The van der Waals surface area contributed by atoms with Gasteiger partial charge in [-0.05, 0) is 74.2 Å². The highest BCUT2D eigenvalue weighted by Crippen LogP contribution is 2.35. The minimum absolute atomic E-state index is 0.0423. The van der Waals surface area contributed by atoms with Gasteiger partial charge in [0.15, 0.2) is 0 Å². The van der Waals surface area contributed by atoms with Gasteiger partial charge in [0.05, 0.1) is 44.2 Å². The number of rotatable bonds is 20. The summed E-state index contributed by atoms with van der Waals surface area (Å²) in [5, 5.41) is 38.6. The maximum atomic E-state index is 12.5. The third-order valence-corrected chi connectivity index (χ3v) is 8.95. The van der Waals surface area contributed by atoms with Crippen molar-refractivity contribution < 1.29 is 28.1 Å². The summed E-state index contributed by atoms with van der Waals surface area (Å²) in [5.74, 6) is 1.08. The average Bonchev–Trinajstić information content (AvgIpc) is 3.82. The number of nitrogens with zero attached hydrogens (tertiary/aromatic N) is 10. The number of tetrazole rings is 1. The van der Waals surface area contributed by atoms with E-state index in [1.807, 2.05) is 23.9 Å². The minimum atomic E-state index is -2.52. The first-order valence-electron chi connectivity index (χ1n) is 17.3. The van der Waals surface area contributed by atoms with Crippen molar-refractivity contribution in [3.05, 3.63) is 61.3 Å². The van der Waals surface area contributed by atoms with Crippen LogP contribution >= 0.6 is 0 Å². The molecule has 1 saturated carbocycles. The second kappa shape index (κ2) is 19.0. The molecule has 0 amide bonds. The molecule has 278 valence electrons. The quantitative estimate of drug-likeness (QED) is 0.0941. The molecule has 2 atom stereocenters. The molecule has 2 N–H and O–H groups in total. The molecule has 5 rings (SSSR count). The van der Waals surface area contributed by atoms with Crippen molar-refractivity contribution >= 4 is 11.6 Å². The Balaban J connectivity index is 1.27. The van der Waals surface area contributed by atoms with E-state index in [1.165, 1.54) is 6.33 Å². The van der Waals surface area contributed by atoms with Crippen LogP contribution in [-0.2, 0) is 11.3 Å². The normalized spacial score (nSPS) is 17.1. The largest absolute Gasteiger partial charge is 0.487 e. The highest BCUT2D eigenvalue weighted by Gasteiger charge is 2.29. The first kappa shape index (κ1) is 38.2. The number of halogens is 2. The Hall–Kier alpha value is -5.05. The zero-order chi connectivity index (χ0) is 36.9. The standard InChI is InChI=1S/C35H45F2N11O4/c1-4-6-30(21-49)46(3)28-9-11-29(12-10-28)48-20-31(34(43-48)51-14-5-13-50-22-33(36)37)42-35-39-17-27(18-40-35)25-7-8-26(16-38)32(15-25)52-24(2)19-47-23-41-44-45-47/h4,7-8,15,17-18,20,23-24,28-30,33,49H,1,5-6,9-14,19,21-22H2,2-3H3,(H,39,40,42)/t24-,28-,29-,30+/m0/s1. The van der Waals surface area contributed by atoms with Crippen molar-refractivity contribution in [3.63, 3.8) is 0 Å². The molecule has 4 aromatic rings. The SMILES string of the molecule is C=CC[C@H](CO)N(C)[C@H]1CC[C@H](n2cc(Nc3ncc(-c4ccc(C#N)c(O[C@@H](C)Cn5cnnn5)c4)cn3)c(OCCCOCC(F)F)n2)CC1. The number of likely N-dealkylation sites (N-methyl/N-ethyl adjacent to an activating group) is 1. The molecule has 17 heteroatoms. The summed E-state index contributed by atoms with van der Waals surface area (Å²) < 4.78 is 45.4. The van der Waals surface area contributed by atoms with Crippen molar-refractivity contribution in [1.29, 1.82) is 5.26 Å². The van der Waals surface area contributed by atoms with Crippen LogP contribution in [0.3, 0.4) is 0 Å². The number of anilines is 2. The van der Waals surface area contributed by atoms with Crippen molar-refractivity contribution in [2.24, 2.45) is 0 Å². The van der Waals surface area contributed by atoms with Crippen LogP contribution in [0.25, 0.3) is 11.1 Å². The second-order valence-corrected chi connectivity index (χ2v) is 12.7. The summed E-state index contributed by atoms with van der Waals surface area (Å²) >= 11 is 0. The van der Waals surface area contributed by atoms with E-state index in [9.17, 15) is 19.1 Å². The number of nitriles is 1. The number of alkyl halides is 2. The monoisotopic (exact) mass is 721 g/mol. The van der Waals surface area contributed by atoms with E-state index in [1.54, 1.807) is 35.3 Å². The lowest BCUT2D eigenvalue weighted by molar-refractivity contribution is 0.0137. The van der Waals surface area contributed by atoms with Gasteiger partial charge < -0.3 is 24.6 Å². The minimum Gasteiger partial charge on any atom is -0.487 e. The van der Waals surface area contributed by atoms with Gasteiger partial charge in [-0.25, -0.2) is 23.4 Å². The number of hydrogen-bond donors (Lipinski definition) is 2. The van der Waals surface area contributed by atoms with E-state index in [0.29, 0.717) is 53.4 Å². The number of aliphatic hydroxyl groups excluding tert-OH is 1. The molecule has 1 aromatic carbocycles. The molecule has 15 nitrogen and oxygen atoms in total. The maximum absolute atomic E-state index is 12.5. The Morgan fingerprint density at radius 3 is 2.63 bits per heavy atom. The zero-order valence-electron chi connectivity index (χ0n) is 29.4. The number of nitrogens with one attached hydrogen (secondary N) is 1. The van der Waals surface area contributed by atoms with Crippen LogP contribution in [0.5, 0.6) is 11.6 Å². The number of aromatic nitrogens is 8. The fraction of sp³-hybridized carbons (Fsp3) is 0.514. The molecule has 0 aliphatic heterocycles. The molecule has 0 unspecified atom stereocenters. The van der Waals surface area contributed by atoms with Crippen molar-refractivity contribution in [3.8, 4) is 28.8 Å². The summed E-state index contributed by atoms with van der Waals surface area (Å²) in [4.78, 5) is 11.3.